The highest BCUT2D eigenvalue weighted by molar-refractivity contribution is 7.22. The SMILES string of the molecule is O=C(O)CCCCN1CCN(Cc2ccc(-c3cc4nccc(Oc5ccc(CC(=O)CC6CC6)cc5F)c4s3)nc2)CC1. The van der Waals surface area contributed by atoms with Crippen LogP contribution in [0.5, 0.6) is 11.5 Å². The minimum absolute atomic E-state index is 0.118. The summed E-state index contributed by atoms with van der Waals surface area (Å²) >= 11 is 1.51. The van der Waals surface area contributed by atoms with Gasteiger partial charge in [0.15, 0.2) is 11.6 Å². The number of hydrogen-bond acceptors (Lipinski definition) is 8. The Balaban J connectivity index is 1.05. The number of rotatable bonds is 14. The maximum atomic E-state index is 15.0. The number of carboxylic acids is 1. The third-order valence-electron chi connectivity index (χ3n) is 8.27. The number of ketones is 1. The lowest BCUT2D eigenvalue weighted by molar-refractivity contribution is -0.137. The lowest BCUT2D eigenvalue weighted by Crippen LogP contribution is -2.46. The predicted octanol–water partition coefficient (Wildman–Crippen LogP) is 6.57. The summed E-state index contributed by atoms with van der Waals surface area (Å²) < 4.78 is 21.8. The first kappa shape index (κ1) is 30.3. The Morgan fingerprint density at radius 2 is 1.75 bits per heavy atom. The van der Waals surface area contributed by atoms with E-state index < -0.39 is 11.8 Å². The molecule has 4 aromatic rings. The van der Waals surface area contributed by atoms with Crippen molar-refractivity contribution in [3.63, 3.8) is 0 Å². The van der Waals surface area contributed by atoms with Crippen LogP contribution in [-0.4, -0.2) is 69.4 Å². The van der Waals surface area contributed by atoms with Gasteiger partial charge in [0, 0.05) is 70.4 Å². The van der Waals surface area contributed by atoms with Gasteiger partial charge in [-0.2, -0.15) is 0 Å². The number of thiophene rings is 1. The maximum absolute atomic E-state index is 15.0. The minimum atomic E-state index is -0.722. The van der Waals surface area contributed by atoms with Crippen LogP contribution >= 0.6 is 11.3 Å². The van der Waals surface area contributed by atoms with Gasteiger partial charge in [-0.3, -0.25) is 24.5 Å². The number of aliphatic carboxylic acids is 1. The van der Waals surface area contributed by atoms with Gasteiger partial charge >= 0.3 is 5.97 Å². The molecule has 1 saturated carbocycles. The zero-order chi connectivity index (χ0) is 30.5. The summed E-state index contributed by atoms with van der Waals surface area (Å²) in [7, 11) is 0. The Labute approximate surface area is 260 Å². The number of unbranched alkanes of at least 4 members (excludes halogenated alkanes) is 1. The Morgan fingerprint density at radius 1 is 0.955 bits per heavy atom. The molecule has 0 radical (unpaired) electrons. The highest BCUT2D eigenvalue weighted by Gasteiger charge is 2.24. The molecule has 8 nitrogen and oxygen atoms in total. The van der Waals surface area contributed by atoms with E-state index in [0.717, 1.165) is 91.3 Å². The number of carboxylic acid groups (broad SMARTS) is 1. The summed E-state index contributed by atoms with van der Waals surface area (Å²) in [5, 5.41) is 8.80. The summed E-state index contributed by atoms with van der Waals surface area (Å²) in [6.45, 7) is 5.74. The van der Waals surface area contributed by atoms with Crippen LogP contribution in [0.2, 0.25) is 0 Å². The first-order valence-corrected chi connectivity index (χ1v) is 16.2. The van der Waals surface area contributed by atoms with E-state index in [1.165, 1.54) is 17.4 Å². The van der Waals surface area contributed by atoms with Crippen LogP contribution < -0.4 is 4.74 Å². The van der Waals surface area contributed by atoms with Crippen LogP contribution in [0.15, 0.2) is 54.9 Å². The van der Waals surface area contributed by atoms with Crippen molar-refractivity contribution in [2.75, 3.05) is 32.7 Å². The van der Waals surface area contributed by atoms with Crippen molar-refractivity contribution >= 4 is 33.3 Å². The fraction of sp³-hybridized carbons (Fsp3) is 0.412. The zero-order valence-electron chi connectivity index (χ0n) is 24.7. The van der Waals surface area contributed by atoms with Crippen LogP contribution in [0.4, 0.5) is 4.39 Å². The number of halogens is 1. The molecule has 1 N–H and O–H groups in total. The molecule has 1 saturated heterocycles. The number of pyridine rings is 2. The number of hydrogen-bond donors (Lipinski definition) is 1. The molecule has 6 rings (SSSR count). The smallest absolute Gasteiger partial charge is 0.303 e. The van der Waals surface area contributed by atoms with Crippen LogP contribution in [0.1, 0.15) is 49.7 Å². The topological polar surface area (TPSA) is 95.9 Å². The van der Waals surface area contributed by atoms with E-state index in [4.69, 9.17) is 14.8 Å². The molecule has 0 unspecified atom stereocenters. The number of aromatic nitrogens is 2. The Morgan fingerprint density at radius 3 is 2.48 bits per heavy atom. The second kappa shape index (κ2) is 13.9. The molecule has 1 aliphatic carbocycles. The van der Waals surface area contributed by atoms with Crippen molar-refractivity contribution in [2.24, 2.45) is 5.92 Å². The molecule has 1 aromatic carbocycles. The molecule has 2 fully saturated rings. The average Bonchev–Trinajstić information content (AvgIpc) is 3.71. The quantitative estimate of drug-likeness (QED) is 0.159. The van der Waals surface area contributed by atoms with E-state index in [0.29, 0.717) is 23.7 Å². The van der Waals surface area contributed by atoms with Gasteiger partial charge in [0.25, 0.3) is 0 Å². The molecule has 10 heteroatoms. The van der Waals surface area contributed by atoms with Gasteiger partial charge in [-0.25, -0.2) is 4.39 Å². The van der Waals surface area contributed by atoms with E-state index in [9.17, 15) is 14.0 Å². The fourth-order valence-electron chi connectivity index (χ4n) is 5.63. The third kappa shape index (κ3) is 8.05. The van der Waals surface area contributed by atoms with Gasteiger partial charge in [-0.15, -0.1) is 11.3 Å². The molecule has 3 aromatic heterocycles. The summed E-state index contributed by atoms with van der Waals surface area (Å²) in [5.74, 6) is 0.118. The number of carbonyl (C=O) groups excluding carboxylic acids is 1. The number of fused-ring (bicyclic) bond motifs is 1. The van der Waals surface area contributed by atoms with Crippen molar-refractivity contribution in [1.82, 2.24) is 19.8 Å². The molecule has 1 aliphatic heterocycles. The normalized spacial score (nSPS) is 15.9. The molecule has 0 spiro atoms. The lowest BCUT2D eigenvalue weighted by Gasteiger charge is -2.34. The molecule has 44 heavy (non-hydrogen) atoms. The van der Waals surface area contributed by atoms with Gasteiger partial charge < -0.3 is 14.7 Å². The molecular formula is C34H37FN4O4S. The first-order valence-electron chi connectivity index (χ1n) is 15.4. The highest BCUT2D eigenvalue weighted by Crippen LogP contribution is 2.39. The molecular weight excluding hydrogens is 579 g/mol. The molecule has 0 atom stereocenters. The van der Waals surface area contributed by atoms with Gasteiger partial charge in [-0.1, -0.05) is 12.1 Å². The monoisotopic (exact) mass is 616 g/mol. The summed E-state index contributed by atoms with van der Waals surface area (Å²) in [5.41, 5.74) is 3.43. The molecule has 4 heterocycles. The predicted molar refractivity (Wildman–Crippen MR) is 169 cm³/mol. The van der Waals surface area contributed by atoms with Crippen molar-refractivity contribution in [2.45, 2.75) is 51.5 Å². The van der Waals surface area contributed by atoms with E-state index in [2.05, 4.69) is 20.9 Å². The van der Waals surface area contributed by atoms with Crippen molar-refractivity contribution in [1.29, 1.82) is 0 Å². The van der Waals surface area contributed by atoms with Crippen LogP contribution in [0.25, 0.3) is 20.8 Å². The maximum Gasteiger partial charge on any atom is 0.303 e. The van der Waals surface area contributed by atoms with Gasteiger partial charge in [0.2, 0.25) is 0 Å². The summed E-state index contributed by atoms with van der Waals surface area (Å²) in [6, 6.07) is 12.6. The van der Waals surface area contributed by atoms with Gasteiger partial charge in [0.1, 0.15) is 11.5 Å². The van der Waals surface area contributed by atoms with Crippen molar-refractivity contribution < 1.29 is 23.8 Å². The van der Waals surface area contributed by atoms with E-state index in [-0.39, 0.29) is 24.4 Å². The lowest BCUT2D eigenvalue weighted by atomic mass is 10.0. The number of benzene rings is 1. The number of carbonyl (C=O) groups is 2. The Kier molecular flexibility index (Phi) is 9.59. The highest BCUT2D eigenvalue weighted by atomic mass is 32.1. The Hall–Kier alpha value is -3.73. The van der Waals surface area contributed by atoms with Crippen LogP contribution in [0, 0.1) is 11.7 Å². The van der Waals surface area contributed by atoms with Crippen LogP contribution in [0.3, 0.4) is 0 Å². The number of Topliss-reactive ketones (excluding diaryl/α,β-unsaturated/α-hetero) is 1. The first-order chi connectivity index (χ1) is 21.4. The molecule has 0 amide bonds. The number of nitrogens with zero attached hydrogens (tertiary/aromatic N) is 4. The second-order valence-corrected chi connectivity index (χ2v) is 12.9. The summed E-state index contributed by atoms with van der Waals surface area (Å²) in [4.78, 5) is 37.9. The molecule has 230 valence electrons. The Bertz CT molecular complexity index is 1610. The van der Waals surface area contributed by atoms with E-state index in [1.807, 2.05) is 18.3 Å². The van der Waals surface area contributed by atoms with E-state index >= 15 is 0 Å². The average molecular weight is 617 g/mol. The standard InChI is InChI=1S/C34H37FN4O4S/c35-27-19-24(18-26(40)17-23-4-5-23)7-9-30(27)43-31-10-11-36-29-20-32(44-34(29)31)28-8-6-25(21-37-28)22-39-15-13-38(14-16-39)12-2-1-3-33(41)42/h6-11,19-21,23H,1-5,12-18,22H2,(H,41,42). The fourth-order valence-corrected chi connectivity index (χ4v) is 6.67. The third-order valence-corrected chi connectivity index (χ3v) is 9.43. The number of ether oxygens (including phenoxy) is 1. The van der Waals surface area contributed by atoms with Gasteiger partial charge in [-0.05, 0) is 73.5 Å². The van der Waals surface area contributed by atoms with Gasteiger partial charge in [0.05, 0.1) is 20.8 Å². The molecule has 2 aliphatic rings. The number of piperazine rings is 1. The minimum Gasteiger partial charge on any atom is -0.481 e. The zero-order valence-corrected chi connectivity index (χ0v) is 25.5. The largest absolute Gasteiger partial charge is 0.481 e. The summed E-state index contributed by atoms with van der Waals surface area (Å²) in [6.07, 6.45) is 8.57. The van der Waals surface area contributed by atoms with Crippen molar-refractivity contribution in [3.05, 3.63) is 71.8 Å². The molecule has 0 bridgehead atoms. The van der Waals surface area contributed by atoms with Crippen molar-refractivity contribution in [3.8, 4) is 22.1 Å². The van der Waals surface area contributed by atoms with Crippen LogP contribution in [-0.2, 0) is 22.6 Å². The van der Waals surface area contributed by atoms with E-state index in [1.54, 1.807) is 24.4 Å². The second-order valence-electron chi connectivity index (χ2n) is 11.9.